The zero-order chi connectivity index (χ0) is 17.1. The van der Waals surface area contributed by atoms with Crippen LogP contribution in [-0.4, -0.2) is 42.7 Å². The maximum absolute atomic E-state index is 12.5. The van der Waals surface area contributed by atoms with Crippen molar-refractivity contribution in [3.05, 3.63) is 48.0 Å². The molecule has 2 aromatic heterocycles. The summed E-state index contributed by atoms with van der Waals surface area (Å²) < 4.78 is 8.43. The molecule has 3 heterocycles. The number of amides is 2. The van der Waals surface area contributed by atoms with Gasteiger partial charge in [-0.1, -0.05) is 6.07 Å². The Labute approximate surface area is 149 Å². The van der Waals surface area contributed by atoms with E-state index in [0.29, 0.717) is 13.1 Å². The molecule has 0 aliphatic carbocycles. The molecule has 0 saturated carbocycles. The lowest BCUT2D eigenvalue weighted by Gasteiger charge is -2.32. The van der Waals surface area contributed by atoms with Crippen LogP contribution in [0.3, 0.4) is 0 Å². The number of hydrogen-bond acceptors (Lipinski definition) is 6. The number of hydrogen-bond donors (Lipinski definition) is 1. The van der Waals surface area contributed by atoms with E-state index in [4.69, 9.17) is 0 Å². The van der Waals surface area contributed by atoms with Crippen molar-refractivity contribution in [2.45, 2.75) is 25.3 Å². The average Bonchev–Trinajstić information content (AvgIpc) is 3.15. The van der Waals surface area contributed by atoms with Crippen LogP contribution in [-0.2, 0) is 6.54 Å². The number of carbonyl (C=O) groups is 1. The Morgan fingerprint density at radius 1 is 1.28 bits per heavy atom. The number of aromatic nitrogens is 4. The van der Waals surface area contributed by atoms with E-state index in [-0.39, 0.29) is 11.9 Å². The van der Waals surface area contributed by atoms with Crippen molar-refractivity contribution >= 4 is 28.8 Å². The molecular formula is C17H18N6OS. The van der Waals surface area contributed by atoms with Crippen LogP contribution < -0.4 is 5.32 Å². The first-order chi connectivity index (χ1) is 12.3. The van der Waals surface area contributed by atoms with Crippen molar-refractivity contribution < 1.29 is 4.79 Å². The van der Waals surface area contributed by atoms with E-state index in [1.807, 2.05) is 29.2 Å². The first kappa shape index (κ1) is 15.9. The molecule has 1 aromatic carbocycles. The Kier molecular flexibility index (Phi) is 4.51. The largest absolute Gasteiger partial charge is 0.334 e. The van der Waals surface area contributed by atoms with E-state index in [1.54, 1.807) is 12.5 Å². The highest BCUT2D eigenvalue weighted by atomic mass is 32.1. The topological polar surface area (TPSA) is 83.9 Å². The predicted octanol–water partition coefficient (Wildman–Crippen LogP) is 2.57. The van der Waals surface area contributed by atoms with E-state index < -0.39 is 0 Å². The fourth-order valence-corrected chi connectivity index (χ4v) is 3.69. The van der Waals surface area contributed by atoms with Gasteiger partial charge in [-0.25, -0.2) is 14.8 Å². The summed E-state index contributed by atoms with van der Waals surface area (Å²) in [6.45, 7) is 1.96. The molecule has 1 saturated heterocycles. The lowest BCUT2D eigenvalue weighted by molar-refractivity contribution is 0.178. The van der Waals surface area contributed by atoms with Crippen LogP contribution >= 0.6 is 11.7 Å². The van der Waals surface area contributed by atoms with Gasteiger partial charge in [-0.3, -0.25) is 0 Å². The quantitative estimate of drug-likeness (QED) is 0.781. The Balaban J connectivity index is 1.37. The Morgan fingerprint density at radius 2 is 2.20 bits per heavy atom. The first-order valence-corrected chi connectivity index (χ1v) is 9.02. The molecule has 128 valence electrons. The smallest absolute Gasteiger partial charge is 0.317 e. The van der Waals surface area contributed by atoms with Crippen molar-refractivity contribution in [1.82, 2.24) is 28.9 Å². The maximum atomic E-state index is 12.5. The molecule has 0 radical (unpaired) electrons. The highest BCUT2D eigenvalue weighted by Crippen LogP contribution is 2.25. The Hall–Kier alpha value is -2.61. The minimum absolute atomic E-state index is 0.0322. The zero-order valence-electron chi connectivity index (χ0n) is 13.6. The number of urea groups is 1. The first-order valence-electron chi connectivity index (χ1n) is 8.29. The highest BCUT2D eigenvalue weighted by molar-refractivity contribution is 7.00. The SMILES string of the molecule is O=C(NCc1ccc2nsnc2c1)N1CCCC(c2ccncn2)C1. The zero-order valence-corrected chi connectivity index (χ0v) is 14.4. The van der Waals surface area contributed by atoms with Crippen LogP contribution in [0.15, 0.2) is 36.8 Å². The average molecular weight is 354 g/mol. The molecule has 7 nitrogen and oxygen atoms in total. The monoisotopic (exact) mass is 354 g/mol. The van der Waals surface area contributed by atoms with E-state index in [1.165, 1.54) is 11.7 Å². The summed E-state index contributed by atoms with van der Waals surface area (Å²) in [6, 6.07) is 7.79. The van der Waals surface area contributed by atoms with Gasteiger partial charge < -0.3 is 10.2 Å². The van der Waals surface area contributed by atoms with Crippen LogP contribution in [0.1, 0.15) is 30.0 Å². The number of nitrogens with one attached hydrogen (secondary N) is 1. The third-order valence-corrected chi connectivity index (χ3v) is 5.05. The van der Waals surface area contributed by atoms with Crippen LogP contribution in [0.4, 0.5) is 4.79 Å². The fraction of sp³-hybridized carbons (Fsp3) is 0.353. The minimum Gasteiger partial charge on any atom is -0.334 e. The summed E-state index contributed by atoms with van der Waals surface area (Å²) in [6.07, 6.45) is 5.36. The normalized spacial score (nSPS) is 17.6. The van der Waals surface area contributed by atoms with Crippen molar-refractivity contribution in [3.8, 4) is 0 Å². The number of fused-ring (bicyclic) bond motifs is 1. The summed E-state index contributed by atoms with van der Waals surface area (Å²) in [5.41, 5.74) is 3.80. The molecule has 8 heteroatoms. The van der Waals surface area contributed by atoms with Gasteiger partial charge in [-0.15, -0.1) is 0 Å². The molecule has 1 fully saturated rings. The molecule has 4 rings (SSSR count). The standard InChI is InChI=1S/C17H18N6OS/c24-17(19-9-12-3-4-15-16(8-12)22-25-21-15)23-7-1-2-13(10-23)14-5-6-18-11-20-14/h3-6,8,11,13H,1-2,7,9-10H2,(H,19,24). The van der Waals surface area contributed by atoms with Crippen LogP contribution in [0.25, 0.3) is 11.0 Å². The van der Waals surface area contributed by atoms with Gasteiger partial charge in [0.25, 0.3) is 0 Å². The Bertz CT molecular complexity index is 868. The number of carbonyl (C=O) groups excluding carboxylic acids is 1. The van der Waals surface area contributed by atoms with Gasteiger partial charge in [0.2, 0.25) is 0 Å². The molecular weight excluding hydrogens is 336 g/mol. The van der Waals surface area contributed by atoms with E-state index in [2.05, 4.69) is 24.0 Å². The van der Waals surface area contributed by atoms with Crippen molar-refractivity contribution in [3.63, 3.8) is 0 Å². The summed E-state index contributed by atoms with van der Waals surface area (Å²) in [7, 11) is 0. The molecule has 1 atom stereocenters. The second-order valence-corrected chi connectivity index (χ2v) is 6.69. The second-order valence-electron chi connectivity index (χ2n) is 6.17. The molecule has 2 amide bonds. The molecule has 0 bridgehead atoms. The van der Waals surface area contributed by atoms with Crippen LogP contribution in [0, 0.1) is 0 Å². The van der Waals surface area contributed by atoms with Crippen molar-refractivity contribution in [2.24, 2.45) is 0 Å². The summed E-state index contributed by atoms with van der Waals surface area (Å²) in [4.78, 5) is 22.7. The lowest BCUT2D eigenvalue weighted by atomic mass is 9.95. The summed E-state index contributed by atoms with van der Waals surface area (Å²) >= 11 is 1.20. The molecule has 1 unspecified atom stereocenters. The summed E-state index contributed by atoms with van der Waals surface area (Å²) in [5, 5.41) is 3.01. The third-order valence-electron chi connectivity index (χ3n) is 4.49. The van der Waals surface area contributed by atoms with Gasteiger partial charge >= 0.3 is 6.03 Å². The molecule has 1 aliphatic rings. The third kappa shape index (κ3) is 3.58. The molecule has 1 aliphatic heterocycles. The van der Waals surface area contributed by atoms with Gasteiger partial charge in [-0.2, -0.15) is 8.75 Å². The van der Waals surface area contributed by atoms with E-state index >= 15 is 0 Å². The molecule has 0 spiro atoms. The fourth-order valence-electron chi connectivity index (χ4n) is 3.17. The number of nitrogens with zero attached hydrogens (tertiary/aromatic N) is 5. The van der Waals surface area contributed by atoms with Crippen LogP contribution in [0.2, 0.25) is 0 Å². The number of piperidine rings is 1. The van der Waals surface area contributed by atoms with Gasteiger partial charge in [-0.05, 0) is 36.6 Å². The molecule has 25 heavy (non-hydrogen) atoms. The maximum Gasteiger partial charge on any atom is 0.317 e. The molecule has 1 N–H and O–H groups in total. The van der Waals surface area contributed by atoms with E-state index in [0.717, 1.165) is 41.7 Å². The lowest BCUT2D eigenvalue weighted by Crippen LogP contribution is -2.44. The Morgan fingerprint density at radius 3 is 3.08 bits per heavy atom. The number of likely N-dealkylation sites (tertiary alicyclic amines) is 1. The van der Waals surface area contributed by atoms with E-state index in [9.17, 15) is 4.79 Å². The predicted molar refractivity (Wildman–Crippen MR) is 95.2 cm³/mol. The van der Waals surface area contributed by atoms with Crippen molar-refractivity contribution in [1.29, 1.82) is 0 Å². The van der Waals surface area contributed by atoms with Gasteiger partial charge in [0.15, 0.2) is 0 Å². The number of benzene rings is 1. The minimum atomic E-state index is -0.0322. The van der Waals surface area contributed by atoms with Gasteiger partial charge in [0, 0.05) is 37.4 Å². The highest BCUT2D eigenvalue weighted by Gasteiger charge is 2.25. The van der Waals surface area contributed by atoms with Crippen molar-refractivity contribution in [2.75, 3.05) is 13.1 Å². The van der Waals surface area contributed by atoms with Gasteiger partial charge in [0.05, 0.1) is 11.7 Å². The van der Waals surface area contributed by atoms with Gasteiger partial charge in [0.1, 0.15) is 17.4 Å². The van der Waals surface area contributed by atoms with Crippen LogP contribution in [0.5, 0.6) is 0 Å². The second kappa shape index (κ2) is 7.10. The summed E-state index contributed by atoms with van der Waals surface area (Å²) in [5.74, 6) is 0.278. The number of rotatable bonds is 3. The molecule has 3 aromatic rings.